The summed E-state index contributed by atoms with van der Waals surface area (Å²) in [5, 5.41) is 6.33. The summed E-state index contributed by atoms with van der Waals surface area (Å²) in [6.45, 7) is 4.53. The highest BCUT2D eigenvalue weighted by atomic mass is 16.2. The van der Waals surface area contributed by atoms with Crippen molar-refractivity contribution in [1.29, 1.82) is 0 Å². The summed E-state index contributed by atoms with van der Waals surface area (Å²) < 4.78 is 0. The molecule has 1 aliphatic rings. The van der Waals surface area contributed by atoms with Gasteiger partial charge < -0.3 is 16.4 Å². The van der Waals surface area contributed by atoms with E-state index in [0.717, 1.165) is 18.7 Å². The fraction of sp³-hybridized carbons (Fsp3) is 0.533. The van der Waals surface area contributed by atoms with Crippen molar-refractivity contribution in [2.45, 2.75) is 25.3 Å². The molecular formula is C15H23N3O. The van der Waals surface area contributed by atoms with E-state index in [1.807, 2.05) is 30.3 Å². The Morgan fingerprint density at radius 3 is 2.84 bits per heavy atom. The molecule has 1 aromatic rings. The number of carbonyl (C=O) groups excluding carboxylic acids is 1. The van der Waals surface area contributed by atoms with Crippen LogP contribution in [0.4, 0.5) is 0 Å². The smallest absolute Gasteiger partial charge is 0.244 e. The van der Waals surface area contributed by atoms with E-state index >= 15 is 0 Å². The summed E-state index contributed by atoms with van der Waals surface area (Å²) in [5.74, 6) is 0.411. The molecule has 4 heteroatoms. The number of rotatable bonds is 4. The topological polar surface area (TPSA) is 67.2 Å². The van der Waals surface area contributed by atoms with Crippen LogP contribution in [0.3, 0.4) is 0 Å². The van der Waals surface area contributed by atoms with Crippen LogP contribution in [0, 0.1) is 5.92 Å². The minimum atomic E-state index is -0.969. The number of nitrogens with two attached hydrogens (primary N) is 1. The van der Waals surface area contributed by atoms with E-state index < -0.39 is 5.54 Å². The predicted octanol–water partition coefficient (Wildman–Crippen LogP) is 0.976. The molecule has 1 saturated heterocycles. The Morgan fingerprint density at radius 2 is 2.21 bits per heavy atom. The van der Waals surface area contributed by atoms with Crippen molar-refractivity contribution in [3.63, 3.8) is 0 Å². The monoisotopic (exact) mass is 261 g/mol. The molecule has 2 atom stereocenters. The molecule has 1 fully saturated rings. The number of hydrogen-bond donors (Lipinski definition) is 3. The normalized spacial score (nSPS) is 22.5. The van der Waals surface area contributed by atoms with Gasteiger partial charge in [0.25, 0.3) is 0 Å². The zero-order valence-electron chi connectivity index (χ0n) is 11.5. The highest BCUT2D eigenvalue weighted by Gasteiger charge is 2.30. The van der Waals surface area contributed by atoms with Gasteiger partial charge in [0.1, 0.15) is 5.54 Å². The summed E-state index contributed by atoms with van der Waals surface area (Å²) in [4.78, 5) is 12.3. The van der Waals surface area contributed by atoms with Crippen LogP contribution in [-0.4, -0.2) is 25.5 Å². The third-order valence-corrected chi connectivity index (χ3v) is 3.80. The third kappa shape index (κ3) is 3.55. The molecule has 2 unspecified atom stereocenters. The molecule has 4 N–H and O–H groups in total. The number of carbonyl (C=O) groups is 1. The molecule has 0 bridgehead atoms. The van der Waals surface area contributed by atoms with Gasteiger partial charge in [-0.3, -0.25) is 4.79 Å². The Bertz CT molecular complexity index is 411. The number of amides is 1. The maximum Gasteiger partial charge on any atom is 0.244 e. The summed E-state index contributed by atoms with van der Waals surface area (Å²) >= 11 is 0. The number of piperidine rings is 1. The van der Waals surface area contributed by atoms with Crippen LogP contribution < -0.4 is 16.4 Å². The van der Waals surface area contributed by atoms with Gasteiger partial charge in [-0.05, 0) is 44.3 Å². The lowest BCUT2D eigenvalue weighted by atomic mass is 9.91. The maximum atomic E-state index is 12.3. The molecular weight excluding hydrogens is 238 g/mol. The molecule has 2 rings (SSSR count). The van der Waals surface area contributed by atoms with Crippen molar-refractivity contribution in [3.8, 4) is 0 Å². The summed E-state index contributed by atoms with van der Waals surface area (Å²) in [6, 6.07) is 9.51. The van der Waals surface area contributed by atoms with Gasteiger partial charge in [0.2, 0.25) is 5.91 Å². The minimum absolute atomic E-state index is 0.107. The summed E-state index contributed by atoms with van der Waals surface area (Å²) in [5.41, 5.74) is 6.04. The quantitative estimate of drug-likeness (QED) is 0.757. The van der Waals surface area contributed by atoms with Crippen molar-refractivity contribution in [1.82, 2.24) is 10.6 Å². The van der Waals surface area contributed by atoms with Crippen molar-refractivity contribution in [2.75, 3.05) is 19.6 Å². The molecule has 1 aromatic carbocycles. The van der Waals surface area contributed by atoms with Crippen LogP contribution in [-0.2, 0) is 10.3 Å². The maximum absolute atomic E-state index is 12.3. The molecule has 104 valence electrons. The van der Waals surface area contributed by atoms with Crippen molar-refractivity contribution >= 4 is 5.91 Å². The molecule has 0 aliphatic carbocycles. The first-order chi connectivity index (χ1) is 9.10. The number of benzene rings is 1. The first-order valence-corrected chi connectivity index (χ1v) is 6.94. The van der Waals surface area contributed by atoms with Gasteiger partial charge in [0.05, 0.1) is 0 Å². The molecule has 1 amide bonds. The second-order valence-corrected chi connectivity index (χ2v) is 5.49. The van der Waals surface area contributed by atoms with Crippen LogP contribution in [0.15, 0.2) is 30.3 Å². The van der Waals surface area contributed by atoms with Gasteiger partial charge in [0, 0.05) is 6.54 Å². The predicted molar refractivity (Wildman–Crippen MR) is 76.6 cm³/mol. The summed E-state index contributed by atoms with van der Waals surface area (Å²) in [7, 11) is 0. The second-order valence-electron chi connectivity index (χ2n) is 5.49. The fourth-order valence-corrected chi connectivity index (χ4v) is 2.43. The fourth-order valence-electron chi connectivity index (χ4n) is 2.43. The third-order valence-electron chi connectivity index (χ3n) is 3.80. The lowest BCUT2D eigenvalue weighted by Gasteiger charge is -2.27. The van der Waals surface area contributed by atoms with Gasteiger partial charge in [-0.25, -0.2) is 0 Å². The Hall–Kier alpha value is -1.39. The Balaban J connectivity index is 1.91. The SMILES string of the molecule is CC(N)(C(=O)NCC1CCCNC1)c1ccccc1. The van der Waals surface area contributed by atoms with E-state index in [0.29, 0.717) is 12.5 Å². The van der Waals surface area contributed by atoms with Gasteiger partial charge in [-0.15, -0.1) is 0 Å². The zero-order valence-corrected chi connectivity index (χ0v) is 11.5. The first-order valence-electron chi connectivity index (χ1n) is 6.94. The molecule has 4 nitrogen and oxygen atoms in total. The van der Waals surface area contributed by atoms with Crippen LogP contribution >= 0.6 is 0 Å². The van der Waals surface area contributed by atoms with Crippen LogP contribution in [0.1, 0.15) is 25.3 Å². The molecule has 19 heavy (non-hydrogen) atoms. The van der Waals surface area contributed by atoms with Gasteiger partial charge in [-0.1, -0.05) is 30.3 Å². The Morgan fingerprint density at radius 1 is 1.47 bits per heavy atom. The molecule has 1 aliphatic heterocycles. The Kier molecular flexibility index (Phi) is 4.56. The van der Waals surface area contributed by atoms with E-state index in [4.69, 9.17) is 5.73 Å². The molecule has 0 saturated carbocycles. The summed E-state index contributed by atoms with van der Waals surface area (Å²) in [6.07, 6.45) is 2.35. The van der Waals surface area contributed by atoms with Gasteiger partial charge in [-0.2, -0.15) is 0 Å². The van der Waals surface area contributed by atoms with Crippen LogP contribution in [0.5, 0.6) is 0 Å². The Labute approximate surface area is 114 Å². The van der Waals surface area contributed by atoms with Crippen molar-refractivity contribution in [2.24, 2.45) is 11.7 Å². The highest BCUT2D eigenvalue weighted by Crippen LogP contribution is 2.17. The lowest BCUT2D eigenvalue weighted by molar-refractivity contribution is -0.126. The second kappa shape index (κ2) is 6.17. The number of hydrogen-bond acceptors (Lipinski definition) is 3. The lowest BCUT2D eigenvalue weighted by Crippen LogP contribution is -2.50. The van der Waals surface area contributed by atoms with Gasteiger partial charge >= 0.3 is 0 Å². The molecule has 0 radical (unpaired) electrons. The van der Waals surface area contributed by atoms with E-state index in [-0.39, 0.29) is 5.91 Å². The average molecular weight is 261 g/mol. The van der Waals surface area contributed by atoms with Crippen molar-refractivity contribution in [3.05, 3.63) is 35.9 Å². The number of nitrogens with one attached hydrogen (secondary N) is 2. The largest absolute Gasteiger partial charge is 0.354 e. The van der Waals surface area contributed by atoms with Crippen LogP contribution in [0.2, 0.25) is 0 Å². The highest BCUT2D eigenvalue weighted by molar-refractivity contribution is 5.86. The standard InChI is InChI=1S/C15H23N3O/c1-15(16,13-7-3-2-4-8-13)14(19)18-11-12-6-5-9-17-10-12/h2-4,7-8,12,17H,5-6,9-11,16H2,1H3,(H,18,19). The van der Waals surface area contributed by atoms with Crippen molar-refractivity contribution < 1.29 is 4.79 Å². The first kappa shape index (κ1) is 14.0. The van der Waals surface area contributed by atoms with E-state index in [1.165, 1.54) is 12.8 Å². The van der Waals surface area contributed by atoms with E-state index in [9.17, 15) is 4.79 Å². The van der Waals surface area contributed by atoms with E-state index in [1.54, 1.807) is 6.92 Å². The zero-order chi connectivity index (χ0) is 13.7. The van der Waals surface area contributed by atoms with Gasteiger partial charge in [0.15, 0.2) is 0 Å². The van der Waals surface area contributed by atoms with E-state index in [2.05, 4.69) is 10.6 Å². The molecule has 0 spiro atoms. The van der Waals surface area contributed by atoms with Crippen LogP contribution in [0.25, 0.3) is 0 Å². The molecule has 0 aromatic heterocycles. The average Bonchev–Trinajstić information content (AvgIpc) is 2.46. The minimum Gasteiger partial charge on any atom is -0.354 e. The molecule has 1 heterocycles.